The minimum atomic E-state index is -0.180. The lowest BCUT2D eigenvalue weighted by Crippen LogP contribution is -2.32. The first-order valence-electron chi connectivity index (χ1n) is 7.57. The quantitative estimate of drug-likeness (QED) is 0.672. The topological polar surface area (TPSA) is 116 Å². The molecule has 3 aromatic rings. The number of ether oxygens (including phenoxy) is 1. The molecule has 8 heteroatoms. The zero-order valence-electron chi connectivity index (χ0n) is 13.3. The molecule has 0 atom stereocenters. The van der Waals surface area contributed by atoms with Crippen molar-refractivity contribution in [1.82, 2.24) is 21.3 Å². The van der Waals surface area contributed by atoms with Gasteiger partial charge in [-0.1, -0.05) is 28.1 Å². The van der Waals surface area contributed by atoms with Gasteiger partial charge in [-0.15, -0.1) is 0 Å². The van der Waals surface area contributed by atoms with E-state index in [0.717, 1.165) is 17.3 Å². The zero-order chi connectivity index (χ0) is 16.5. The monoisotopic (exact) mass is 404 g/mol. The Hall–Kier alpha value is -2.45. The van der Waals surface area contributed by atoms with E-state index in [2.05, 4.69) is 55.3 Å². The molecule has 4 N–H and O–H groups in total. The van der Waals surface area contributed by atoms with Crippen molar-refractivity contribution in [3.8, 4) is 23.2 Å². The fraction of sp³-hybridized carbons (Fsp3) is 0.235. The van der Waals surface area contributed by atoms with Crippen LogP contribution in [-0.2, 0) is 0 Å². The summed E-state index contributed by atoms with van der Waals surface area (Å²) >= 11 is 3.45. The highest BCUT2D eigenvalue weighted by molar-refractivity contribution is 9.10. The smallest absolute Gasteiger partial charge is 0.252 e. The largest absolute Gasteiger partial charge is 0.491 e. The maximum absolute atomic E-state index is 9.18. The molecule has 2 heterocycles. The van der Waals surface area contributed by atoms with Crippen LogP contribution in [-0.4, -0.2) is 26.3 Å². The van der Waals surface area contributed by atoms with Crippen LogP contribution in [0.25, 0.3) is 11.5 Å². The van der Waals surface area contributed by atoms with Gasteiger partial charge in [0.15, 0.2) is 5.76 Å². The molecule has 1 fully saturated rings. The molecular weight excluding hydrogens is 388 g/mol. The van der Waals surface area contributed by atoms with E-state index in [9.17, 15) is 5.11 Å². The lowest BCUT2D eigenvalue weighted by Gasteiger charge is -2.35. The molecule has 0 saturated heterocycles. The van der Waals surface area contributed by atoms with Crippen LogP contribution in [0.3, 0.4) is 0 Å². The van der Waals surface area contributed by atoms with Crippen LogP contribution < -0.4 is 10.9 Å². The average Bonchev–Trinajstić information content (AvgIpc) is 2.99. The van der Waals surface area contributed by atoms with Gasteiger partial charge in [0.1, 0.15) is 11.8 Å². The minimum absolute atomic E-state index is 0. The van der Waals surface area contributed by atoms with Crippen molar-refractivity contribution in [3.63, 3.8) is 0 Å². The van der Waals surface area contributed by atoms with Crippen LogP contribution in [0.5, 0.6) is 11.8 Å². The van der Waals surface area contributed by atoms with Crippen molar-refractivity contribution in [2.24, 2.45) is 0 Å². The van der Waals surface area contributed by atoms with Gasteiger partial charge in [-0.05, 0) is 41.6 Å². The van der Waals surface area contributed by atoms with Crippen LogP contribution in [0.4, 0.5) is 0 Å². The maximum Gasteiger partial charge on any atom is 0.252 e. The van der Waals surface area contributed by atoms with Crippen molar-refractivity contribution in [2.75, 3.05) is 0 Å². The second-order valence-corrected chi connectivity index (χ2v) is 6.66. The molecule has 1 aromatic carbocycles. The summed E-state index contributed by atoms with van der Waals surface area (Å²) < 4.78 is 11.9. The van der Waals surface area contributed by atoms with Gasteiger partial charge in [0.25, 0.3) is 5.88 Å². The van der Waals surface area contributed by atoms with Gasteiger partial charge >= 0.3 is 0 Å². The van der Waals surface area contributed by atoms with E-state index in [0.29, 0.717) is 23.3 Å². The first kappa shape index (κ1) is 17.4. The van der Waals surface area contributed by atoms with Gasteiger partial charge in [-0.25, -0.2) is 9.97 Å². The van der Waals surface area contributed by atoms with Crippen molar-refractivity contribution in [2.45, 2.75) is 24.9 Å². The molecule has 130 valence electrons. The molecule has 0 radical (unpaired) electrons. The van der Waals surface area contributed by atoms with Gasteiger partial charge in [0.05, 0.1) is 18.5 Å². The molecule has 0 amide bonds. The Morgan fingerprint density at radius 3 is 2.48 bits per heavy atom. The summed E-state index contributed by atoms with van der Waals surface area (Å²) in [5.74, 6) is 1.21. The minimum Gasteiger partial charge on any atom is -0.491 e. The van der Waals surface area contributed by atoms with E-state index in [4.69, 9.17) is 9.26 Å². The van der Waals surface area contributed by atoms with E-state index < -0.39 is 0 Å². The Kier molecular flexibility index (Phi) is 5.00. The van der Waals surface area contributed by atoms with Crippen molar-refractivity contribution in [1.29, 1.82) is 0 Å². The molecule has 1 aliphatic rings. The fourth-order valence-electron chi connectivity index (χ4n) is 2.73. The fourth-order valence-corrected chi connectivity index (χ4v) is 2.99. The van der Waals surface area contributed by atoms with Crippen LogP contribution >= 0.6 is 15.9 Å². The molecule has 0 unspecified atom stereocenters. The number of aromatic hydroxyl groups is 1. The number of hydrogen-bond donors (Lipinski definition) is 2. The van der Waals surface area contributed by atoms with Crippen LogP contribution in [0.1, 0.15) is 24.3 Å². The number of halogens is 1. The average molecular weight is 405 g/mol. The second-order valence-electron chi connectivity index (χ2n) is 5.75. The summed E-state index contributed by atoms with van der Waals surface area (Å²) in [6, 6.07) is 9.81. The Labute approximate surface area is 152 Å². The molecule has 4 rings (SSSR count). The first-order chi connectivity index (χ1) is 11.7. The van der Waals surface area contributed by atoms with Gasteiger partial charge in [0, 0.05) is 4.47 Å². The summed E-state index contributed by atoms with van der Waals surface area (Å²) in [4.78, 5) is 8.46. The molecule has 1 aliphatic carbocycles. The van der Waals surface area contributed by atoms with E-state index in [1.54, 1.807) is 12.4 Å². The maximum atomic E-state index is 9.18. The van der Waals surface area contributed by atoms with Crippen LogP contribution in [0.15, 0.2) is 51.7 Å². The normalized spacial score (nSPS) is 18.9. The van der Waals surface area contributed by atoms with Crippen LogP contribution in [0.2, 0.25) is 0 Å². The number of benzene rings is 1. The zero-order valence-corrected chi connectivity index (χ0v) is 14.9. The second kappa shape index (κ2) is 7.20. The number of rotatable bonds is 4. The number of nitrogens with zero attached hydrogens (tertiary/aromatic N) is 3. The Bertz CT molecular complexity index is 830. The molecule has 2 aromatic heterocycles. The molecule has 0 aliphatic heterocycles. The molecule has 7 nitrogen and oxygen atoms in total. The van der Waals surface area contributed by atoms with E-state index in [-0.39, 0.29) is 18.1 Å². The summed E-state index contributed by atoms with van der Waals surface area (Å²) in [6.45, 7) is 0. The molecule has 25 heavy (non-hydrogen) atoms. The summed E-state index contributed by atoms with van der Waals surface area (Å²) in [7, 11) is 0. The molecule has 1 saturated carbocycles. The van der Waals surface area contributed by atoms with Crippen molar-refractivity contribution < 1.29 is 14.4 Å². The molecule has 0 bridgehead atoms. The predicted octanol–water partition coefficient (Wildman–Crippen LogP) is 4.09. The third kappa shape index (κ3) is 3.80. The van der Waals surface area contributed by atoms with Gasteiger partial charge in [0.2, 0.25) is 5.88 Å². The predicted molar refractivity (Wildman–Crippen MR) is 94.7 cm³/mol. The molecule has 0 spiro atoms. The molecular formula is C17H17BrN4O3. The third-order valence-corrected chi connectivity index (χ3v) is 4.63. The van der Waals surface area contributed by atoms with Crippen molar-refractivity contribution >= 4 is 15.9 Å². The van der Waals surface area contributed by atoms with E-state index in [1.807, 2.05) is 0 Å². The lowest BCUT2D eigenvalue weighted by molar-refractivity contribution is 0.0931. The standard InChI is InChI=1S/C17H14BrN3O3.H3N/c18-12-3-1-10(2-4-12)11-5-13(6-11)23-17-9-19-14(8-20-17)15-7-16(22)21-24-15;/h1-4,7-9,11,13H,5-6H2,(H,21,22);1H3/t11-,13+;. The van der Waals surface area contributed by atoms with Gasteiger partial charge < -0.3 is 20.5 Å². The van der Waals surface area contributed by atoms with E-state index in [1.165, 1.54) is 11.6 Å². The SMILES string of the molecule is N.Oc1cc(-c2cnc(O[C@H]3C[C@@H](c4ccc(Br)cc4)C3)cn2)on1. The first-order valence-corrected chi connectivity index (χ1v) is 8.37. The van der Waals surface area contributed by atoms with Gasteiger partial charge in [-0.2, -0.15) is 0 Å². The highest BCUT2D eigenvalue weighted by Gasteiger charge is 2.32. The highest BCUT2D eigenvalue weighted by atomic mass is 79.9. The van der Waals surface area contributed by atoms with Crippen molar-refractivity contribution in [3.05, 3.63) is 52.8 Å². The summed E-state index contributed by atoms with van der Waals surface area (Å²) in [6.07, 6.45) is 5.21. The third-order valence-electron chi connectivity index (χ3n) is 4.10. The van der Waals surface area contributed by atoms with E-state index >= 15 is 0 Å². The Morgan fingerprint density at radius 1 is 1.12 bits per heavy atom. The highest BCUT2D eigenvalue weighted by Crippen LogP contribution is 2.39. The van der Waals surface area contributed by atoms with Gasteiger partial charge in [-0.3, -0.25) is 0 Å². The number of aromatic nitrogens is 3. The summed E-state index contributed by atoms with van der Waals surface area (Å²) in [5.41, 5.74) is 1.83. The Balaban J connectivity index is 0.00000182. The van der Waals surface area contributed by atoms with Crippen LogP contribution in [0, 0.1) is 0 Å². The number of hydrogen-bond acceptors (Lipinski definition) is 7. The Morgan fingerprint density at radius 2 is 1.88 bits per heavy atom. The summed E-state index contributed by atoms with van der Waals surface area (Å²) in [5, 5.41) is 12.6. The lowest BCUT2D eigenvalue weighted by atomic mass is 9.77.